The average Bonchev–Trinajstić information content (AvgIpc) is 2.45. The van der Waals surface area contributed by atoms with Crippen molar-refractivity contribution in [2.24, 2.45) is 16.8 Å². The van der Waals surface area contributed by atoms with E-state index < -0.39 is 0 Å². The second-order valence-electron chi connectivity index (χ2n) is 5.50. The van der Waals surface area contributed by atoms with Crippen LogP contribution in [0.3, 0.4) is 0 Å². The number of ether oxygens (including phenoxy) is 1. The number of halogens is 1. The lowest BCUT2D eigenvalue weighted by Crippen LogP contribution is -2.21. The van der Waals surface area contributed by atoms with E-state index >= 15 is 0 Å². The monoisotopic (exact) mass is 296 g/mol. The van der Waals surface area contributed by atoms with Crippen LogP contribution in [0.25, 0.3) is 0 Å². The van der Waals surface area contributed by atoms with E-state index in [1.54, 1.807) is 12.1 Å². The van der Waals surface area contributed by atoms with Crippen LogP contribution in [0, 0.1) is 5.92 Å². The van der Waals surface area contributed by atoms with Crippen LogP contribution < -0.4 is 5.73 Å². The molecule has 0 spiro atoms. The lowest BCUT2D eigenvalue weighted by molar-refractivity contribution is 0.00470. The Balaban J connectivity index is 1.96. The first kappa shape index (κ1) is 15.1. The Hall–Kier alpha value is -1.26. The Labute approximate surface area is 124 Å². The molecule has 1 aliphatic carbocycles. The maximum absolute atomic E-state index is 8.64. The first-order chi connectivity index (χ1) is 9.60. The van der Waals surface area contributed by atoms with Gasteiger partial charge in [0.05, 0.1) is 12.7 Å². The maximum atomic E-state index is 8.64. The highest BCUT2D eigenvalue weighted by Crippen LogP contribution is 2.27. The molecule has 2 atom stereocenters. The highest BCUT2D eigenvalue weighted by molar-refractivity contribution is 6.31. The molecule has 0 bridgehead atoms. The Kier molecular flexibility index (Phi) is 5.26. The molecule has 1 aromatic carbocycles. The molecule has 0 heterocycles. The first-order valence-electron chi connectivity index (χ1n) is 6.98. The molecule has 0 saturated heterocycles. The summed E-state index contributed by atoms with van der Waals surface area (Å²) >= 11 is 6.20. The summed E-state index contributed by atoms with van der Waals surface area (Å²) in [5.74, 6) is 0.799. The molecule has 1 aromatic rings. The van der Waals surface area contributed by atoms with Crippen molar-refractivity contribution in [2.45, 2.75) is 45.3 Å². The smallest absolute Gasteiger partial charge is 0.170 e. The van der Waals surface area contributed by atoms with Crippen LogP contribution >= 0.6 is 11.6 Å². The number of nitrogens with two attached hydrogens (primary N) is 1. The SMILES string of the molecule is CC1CCCC(OCc2ccc(/C(N)=N/O)cc2Cl)C1. The molecular weight excluding hydrogens is 276 g/mol. The van der Waals surface area contributed by atoms with E-state index in [4.69, 9.17) is 27.3 Å². The minimum atomic E-state index is 0.0560. The van der Waals surface area contributed by atoms with Crippen molar-refractivity contribution in [3.8, 4) is 0 Å². The molecule has 2 rings (SSSR count). The zero-order valence-electron chi connectivity index (χ0n) is 11.7. The van der Waals surface area contributed by atoms with Gasteiger partial charge >= 0.3 is 0 Å². The predicted octanol–water partition coefficient (Wildman–Crippen LogP) is 3.53. The fourth-order valence-corrected chi connectivity index (χ4v) is 2.85. The molecule has 0 radical (unpaired) electrons. The molecule has 4 nitrogen and oxygen atoms in total. The largest absolute Gasteiger partial charge is 0.409 e. The van der Waals surface area contributed by atoms with E-state index in [1.807, 2.05) is 6.07 Å². The summed E-state index contributed by atoms with van der Waals surface area (Å²) in [6.07, 6.45) is 5.12. The average molecular weight is 297 g/mol. The molecule has 20 heavy (non-hydrogen) atoms. The van der Waals surface area contributed by atoms with Crippen LogP contribution in [-0.4, -0.2) is 17.1 Å². The van der Waals surface area contributed by atoms with Crippen LogP contribution in [0.2, 0.25) is 5.02 Å². The summed E-state index contributed by atoms with van der Waals surface area (Å²) in [6, 6.07) is 5.34. The Morgan fingerprint density at radius 3 is 2.95 bits per heavy atom. The second kappa shape index (κ2) is 6.95. The predicted molar refractivity (Wildman–Crippen MR) is 80.2 cm³/mol. The van der Waals surface area contributed by atoms with Crippen molar-refractivity contribution in [3.63, 3.8) is 0 Å². The summed E-state index contributed by atoms with van der Waals surface area (Å²) in [6.45, 7) is 2.78. The highest BCUT2D eigenvalue weighted by Gasteiger charge is 2.19. The van der Waals surface area contributed by atoms with Crippen LogP contribution in [-0.2, 0) is 11.3 Å². The molecule has 2 unspecified atom stereocenters. The van der Waals surface area contributed by atoms with Crippen molar-refractivity contribution >= 4 is 17.4 Å². The molecule has 0 aromatic heterocycles. The van der Waals surface area contributed by atoms with E-state index in [9.17, 15) is 0 Å². The molecule has 5 heteroatoms. The standard InChI is InChI=1S/C15H21ClN2O2/c1-10-3-2-4-13(7-10)20-9-12-6-5-11(8-14(12)16)15(17)18-19/h5-6,8,10,13,19H,2-4,7,9H2,1H3,(H2,17,18). The zero-order valence-corrected chi connectivity index (χ0v) is 12.4. The normalized spacial score (nSPS) is 23.8. The lowest BCUT2D eigenvalue weighted by Gasteiger charge is -2.27. The fraction of sp³-hybridized carbons (Fsp3) is 0.533. The Bertz CT molecular complexity index is 491. The van der Waals surface area contributed by atoms with Gasteiger partial charge in [0.1, 0.15) is 0 Å². The van der Waals surface area contributed by atoms with Gasteiger partial charge in [-0.05, 0) is 30.4 Å². The number of nitrogens with zero attached hydrogens (tertiary/aromatic N) is 1. The van der Waals surface area contributed by atoms with Gasteiger partial charge in [-0.25, -0.2) is 0 Å². The molecular formula is C15H21ClN2O2. The molecule has 1 aliphatic rings. The first-order valence-corrected chi connectivity index (χ1v) is 7.36. The topological polar surface area (TPSA) is 67.8 Å². The number of hydrogen-bond acceptors (Lipinski definition) is 3. The summed E-state index contributed by atoms with van der Waals surface area (Å²) in [5.41, 5.74) is 7.06. The van der Waals surface area contributed by atoms with E-state index in [0.29, 0.717) is 23.3 Å². The number of hydrogen-bond donors (Lipinski definition) is 2. The summed E-state index contributed by atoms with van der Waals surface area (Å²) in [5, 5.41) is 12.2. The molecule has 0 aliphatic heterocycles. The van der Waals surface area contributed by atoms with Gasteiger partial charge in [-0.3, -0.25) is 0 Å². The third-order valence-corrected chi connectivity index (χ3v) is 4.17. The van der Waals surface area contributed by atoms with E-state index in [0.717, 1.165) is 24.3 Å². The van der Waals surface area contributed by atoms with E-state index in [2.05, 4.69) is 12.1 Å². The number of rotatable bonds is 4. The van der Waals surface area contributed by atoms with Crippen molar-refractivity contribution in [1.29, 1.82) is 0 Å². The van der Waals surface area contributed by atoms with Gasteiger partial charge in [0.15, 0.2) is 5.84 Å². The zero-order chi connectivity index (χ0) is 14.5. The third-order valence-electron chi connectivity index (χ3n) is 3.82. The molecule has 110 valence electrons. The Morgan fingerprint density at radius 2 is 2.30 bits per heavy atom. The van der Waals surface area contributed by atoms with Crippen LogP contribution in [0.1, 0.15) is 43.7 Å². The van der Waals surface area contributed by atoms with Crippen LogP contribution in [0.5, 0.6) is 0 Å². The number of amidine groups is 1. The van der Waals surface area contributed by atoms with Gasteiger partial charge < -0.3 is 15.7 Å². The number of benzene rings is 1. The number of oxime groups is 1. The maximum Gasteiger partial charge on any atom is 0.170 e. The molecule has 3 N–H and O–H groups in total. The van der Waals surface area contributed by atoms with Crippen LogP contribution in [0.4, 0.5) is 0 Å². The summed E-state index contributed by atoms with van der Waals surface area (Å²) in [4.78, 5) is 0. The minimum Gasteiger partial charge on any atom is -0.409 e. The highest BCUT2D eigenvalue weighted by atomic mass is 35.5. The molecule has 1 saturated carbocycles. The third kappa shape index (κ3) is 3.87. The summed E-state index contributed by atoms with van der Waals surface area (Å²) in [7, 11) is 0. The quantitative estimate of drug-likeness (QED) is 0.386. The van der Waals surface area contributed by atoms with Gasteiger partial charge in [0.25, 0.3) is 0 Å². The van der Waals surface area contributed by atoms with Crippen LogP contribution in [0.15, 0.2) is 23.4 Å². The van der Waals surface area contributed by atoms with Crippen molar-refractivity contribution in [3.05, 3.63) is 34.3 Å². The molecule has 1 fully saturated rings. The summed E-state index contributed by atoms with van der Waals surface area (Å²) < 4.78 is 5.95. The minimum absolute atomic E-state index is 0.0560. The van der Waals surface area contributed by atoms with Gasteiger partial charge in [-0.15, -0.1) is 0 Å². The van der Waals surface area contributed by atoms with E-state index in [-0.39, 0.29) is 5.84 Å². The fourth-order valence-electron chi connectivity index (χ4n) is 2.62. The van der Waals surface area contributed by atoms with Gasteiger partial charge in [0, 0.05) is 10.6 Å². The second-order valence-corrected chi connectivity index (χ2v) is 5.90. The van der Waals surface area contributed by atoms with Gasteiger partial charge in [-0.2, -0.15) is 0 Å². The van der Waals surface area contributed by atoms with Crippen molar-refractivity contribution in [2.75, 3.05) is 0 Å². The van der Waals surface area contributed by atoms with E-state index in [1.165, 1.54) is 12.8 Å². The van der Waals surface area contributed by atoms with Gasteiger partial charge in [-0.1, -0.05) is 48.7 Å². The van der Waals surface area contributed by atoms with Gasteiger partial charge in [0.2, 0.25) is 0 Å². The lowest BCUT2D eigenvalue weighted by atomic mass is 9.89. The van der Waals surface area contributed by atoms with Crippen molar-refractivity contribution in [1.82, 2.24) is 0 Å². The Morgan fingerprint density at radius 1 is 1.50 bits per heavy atom. The molecule has 0 amide bonds. The van der Waals surface area contributed by atoms with Crippen molar-refractivity contribution < 1.29 is 9.94 Å².